The van der Waals surface area contributed by atoms with Crippen LogP contribution in [-0.4, -0.2) is 61.5 Å². The molecule has 1 aromatic heterocycles. The summed E-state index contributed by atoms with van der Waals surface area (Å²) in [5.41, 5.74) is 0. The Hall–Kier alpha value is -1.74. The van der Waals surface area contributed by atoms with E-state index in [-0.39, 0.29) is 17.0 Å². The van der Waals surface area contributed by atoms with Crippen molar-refractivity contribution < 1.29 is 8.42 Å². The Bertz CT molecular complexity index is 902. The van der Waals surface area contributed by atoms with Gasteiger partial charge in [0, 0.05) is 55.7 Å². The van der Waals surface area contributed by atoms with E-state index < -0.39 is 10.0 Å². The molecule has 1 aliphatic carbocycles. The van der Waals surface area contributed by atoms with Crippen LogP contribution in [0.5, 0.6) is 0 Å². The Kier molecular flexibility index (Phi) is 6.34. The van der Waals surface area contributed by atoms with Gasteiger partial charge >= 0.3 is 0 Å². The molecule has 0 bridgehead atoms. The Morgan fingerprint density at radius 1 is 0.966 bits per heavy atom. The van der Waals surface area contributed by atoms with Gasteiger partial charge in [-0.1, -0.05) is 24.4 Å². The molecule has 1 aliphatic heterocycles. The van der Waals surface area contributed by atoms with E-state index in [4.69, 9.17) is 11.6 Å². The van der Waals surface area contributed by atoms with Crippen LogP contribution in [0.3, 0.4) is 0 Å². The number of benzene rings is 1. The minimum absolute atomic E-state index is 0.0797. The number of rotatable bonds is 5. The third-order valence-electron chi connectivity index (χ3n) is 5.78. The zero-order valence-electron chi connectivity index (χ0n) is 16.2. The maximum Gasteiger partial charge on any atom is 0.240 e. The summed E-state index contributed by atoms with van der Waals surface area (Å²) in [6, 6.07) is 8.29. The molecule has 7 nitrogen and oxygen atoms in total. The van der Waals surface area contributed by atoms with Crippen LogP contribution in [0, 0.1) is 0 Å². The summed E-state index contributed by atoms with van der Waals surface area (Å²) in [5, 5.41) is 0.528. The molecule has 0 unspecified atom stereocenters. The standard InChI is InChI=1S/C20H26ClN5O2S/c21-16-6-8-17(9-7-16)29(27,28)24-18-4-1-2-5-19(18)25-12-14-26(15-13-25)20-22-10-3-11-23-20/h3,6-11,18-19,24H,1-2,4-5,12-15H2/t18-,19-/m0/s1. The fourth-order valence-electron chi connectivity index (χ4n) is 4.27. The van der Waals surface area contributed by atoms with Crippen LogP contribution in [0.4, 0.5) is 5.95 Å². The highest BCUT2D eigenvalue weighted by atomic mass is 35.5. The molecule has 2 heterocycles. The van der Waals surface area contributed by atoms with Gasteiger partial charge in [0.1, 0.15) is 0 Å². The number of sulfonamides is 1. The molecule has 1 saturated heterocycles. The van der Waals surface area contributed by atoms with Crippen LogP contribution in [0.1, 0.15) is 25.7 Å². The van der Waals surface area contributed by atoms with Crippen molar-refractivity contribution in [2.45, 2.75) is 42.7 Å². The molecule has 29 heavy (non-hydrogen) atoms. The Balaban J connectivity index is 1.42. The van der Waals surface area contributed by atoms with E-state index in [0.717, 1.165) is 57.8 Å². The largest absolute Gasteiger partial charge is 0.338 e. The summed E-state index contributed by atoms with van der Waals surface area (Å²) >= 11 is 5.90. The van der Waals surface area contributed by atoms with Crippen LogP contribution in [-0.2, 0) is 10.0 Å². The number of hydrogen-bond acceptors (Lipinski definition) is 6. The van der Waals surface area contributed by atoms with E-state index >= 15 is 0 Å². The van der Waals surface area contributed by atoms with Crippen LogP contribution in [0.25, 0.3) is 0 Å². The summed E-state index contributed by atoms with van der Waals surface area (Å²) in [6.45, 7) is 3.44. The van der Waals surface area contributed by atoms with Crippen LogP contribution in [0.2, 0.25) is 5.02 Å². The number of anilines is 1. The maximum absolute atomic E-state index is 12.9. The van der Waals surface area contributed by atoms with Gasteiger partial charge in [0.15, 0.2) is 0 Å². The van der Waals surface area contributed by atoms with Crippen molar-refractivity contribution in [3.8, 4) is 0 Å². The Labute approximate surface area is 177 Å². The Morgan fingerprint density at radius 2 is 1.62 bits per heavy atom. The van der Waals surface area contributed by atoms with Gasteiger partial charge in [-0.2, -0.15) is 0 Å². The van der Waals surface area contributed by atoms with Crippen LogP contribution in [0.15, 0.2) is 47.6 Å². The highest BCUT2D eigenvalue weighted by Gasteiger charge is 2.35. The van der Waals surface area contributed by atoms with Crippen molar-refractivity contribution in [3.05, 3.63) is 47.7 Å². The second kappa shape index (κ2) is 8.95. The minimum Gasteiger partial charge on any atom is -0.338 e. The number of nitrogens with one attached hydrogen (secondary N) is 1. The van der Waals surface area contributed by atoms with E-state index in [9.17, 15) is 8.42 Å². The van der Waals surface area contributed by atoms with Gasteiger partial charge in [0.2, 0.25) is 16.0 Å². The normalized spacial score (nSPS) is 23.8. The molecule has 4 rings (SSSR count). The number of hydrogen-bond donors (Lipinski definition) is 1. The number of halogens is 1. The van der Waals surface area contributed by atoms with Crippen molar-refractivity contribution in [3.63, 3.8) is 0 Å². The molecule has 0 amide bonds. The van der Waals surface area contributed by atoms with Crippen molar-refractivity contribution in [1.82, 2.24) is 19.6 Å². The second-order valence-corrected chi connectivity index (χ2v) is 9.76. The topological polar surface area (TPSA) is 78.4 Å². The van der Waals surface area contributed by atoms with E-state index in [2.05, 4.69) is 24.5 Å². The van der Waals surface area contributed by atoms with Gasteiger partial charge in [0.25, 0.3) is 0 Å². The molecule has 1 aromatic carbocycles. The molecular formula is C20H26ClN5O2S. The molecule has 156 valence electrons. The lowest BCUT2D eigenvalue weighted by Gasteiger charge is -2.44. The molecule has 2 aromatic rings. The maximum atomic E-state index is 12.9. The van der Waals surface area contributed by atoms with Gasteiger partial charge in [-0.25, -0.2) is 23.1 Å². The molecule has 1 saturated carbocycles. The van der Waals surface area contributed by atoms with Crippen molar-refractivity contribution in [2.24, 2.45) is 0 Å². The van der Waals surface area contributed by atoms with E-state index in [1.54, 1.807) is 36.7 Å². The number of nitrogens with zero attached hydrogens (tertiary/aromatic N) is 4. The number of piperazine rings is 1. The molecule has 0 radical (unpaired) electrons. The van der Waals surface area contributed by atoms with Crippen molar-refractivity contribution >= 4 is 27.6 Å². The van der Waals surface area contributed by atoms with Crippen molar-refractivity contribution in [1.29, 1.82) is 0 Å². The minimum atomic E-state index is -3.57. The van der Waals surface area contributed by atoms with Crippen LogP contribution < -0.4 is 9.62 Å². The average molecular weight is 436 g/mol. The van der Waals surface area contributed by atoms with E-state index in [1.807, 2.05) is 6.07 Å². The second-order valence-electron chi connectivity index (χ2n) is 7.61. The first-order valence-corrected chi connectivity index (χ1v) is 11.9. The summed E-state index contributed by atoms with van der Waals surface area (Å²) in [6.07, 6.45) is 7.57. The van der Waals surface area contributed by atoms with Gasteiger partial charge in [-0.15, -0.1) is 0 Å². The van der Waals surface area contributed by atoms with E-state index in [1.165, 1.54) is 0 Å². The molecular weight excluding hydrogens is 410 g/mol. The zero-order chi connectivity index (χ0) is 20.3. The van der Waals surface area contributed by atoms with Gasteiger partial charge in [-0.05, 0) is 43.2 Å². The zero-order valence-corrected chi connectivity index (χ0v) is 17.8. The lowest BCUT2D eigenvalue weighted by Crippen LogP contribution is -2.58. The summed E-state index contributed by atoms with van der Waals surface area (Å²) < 4.78 is 28.7. The first-order chi connectivity index (χ1) is 14.0. The monoisotopic (exact) mass is 435 g/mol. The average Bonchev–Trinajstić information content (AvgIpc) is 2.75. The Morgan fingerprint density at radius 3 is 2.31 bits per heavy atom. The molecule has 0 spiro atoms. The predicted molar refractivity (Wildman–Crippen MR) is 114 cm³/mol. The van der Waals surface area contributed by atoms with Gasteiger partial charge in [-0.3, -0.25) is 4.90 Å². The third-order valence-corrected chi connectivity index (χ3v) is 7.54. The molecule has 1 N–H and O–H groups in total. The van der Waals surface area contributed by atoms with Gasteiger partial charge in [0.05, 0.1) is 4.90 Å². The fourth-order valence-corrected chi connectivity index (χ4v) is 5.70. The molecule has 2 atom stereocenters. The SMILES string of the molecule is O=S(=O)(N[C@H]1CCCC[C@@H]1N1CCN(c2ncccn2)CC1)c1ccc(Cl)cc1. The lowest BCUT2D eigenvalue weighted by atomic mass is 9.89. The molecule has 2 fully saturated rings. The molecule has 9 heteroatoms. The van der Waals surface area contributed by atoms with Gasteiger partial charge < -0.3 is 4.90 Å². The highest BCUT2D eigenvalue weighted by Crippen LogP contribution is 2.26. The lowest BCUT2D eigenvalue weighted by molar-refractivity contribution is 0.123. The smallest absolute Gasteiger partial charge is 0.240 e. The molecule has 2 aliphatic rings. The van der Waals surface area contributed by atoms with E-state index in [0.29, 0.717) is 5.02 Å². The highest BCUT2D eigenvalue weighted by molar-refractivity contribution is 7.89. The van der Waals surface area contributed by atoms with Crippen LogP contribution >= 0.6 is 11.6 Å². The summed E-state index contributed by atoms with van der Waals surface area (Å²) in [5.74, 6) is 0.760. The first kappa shape index (κ1) is 20.5. The quantitative estimate of drug-likeness (QED) is 0.777. The number of aromatic nitrogens is 2. The third kappa shape index (κ3) is 4.88. The van der Waals surface area contributed by atoms with Crippen molar-refractivity contribution in [2.75, 3.05) is 31.1 Å². The summed E-state index contributed by atoms with van der Waals surface area (Å²) in [4.78, 5) is 13.5. The fraction of sp³-hybridized carbons (Fsp3) is 0.500. The first-order valence-electron chi connectivity index (χ1n) is 10.1. The predicted octanol–water partition coefficient (Wildman–Crippen LogP) is 2.54. The summed E-state index contributed by atoms with van der Waals surface area (Å²) in [7, 11) is -3.57.